The van der Waals surface area contributed by atoms with Crippen LogP contribution in [0.4, 0.5) is 17.1 Å². The number of rotatable bonds is 10. The number of nitro benzene ring substituents is 2. The summed E-state index contributed by atoms with van der Waals surface area (Å²) in [4.78, 5) is 20.2. The van der Waals surface area contributed by atoms with E-state index in [1.54, 1.807) is 13.8 Å². The molecule has 10 heteroatoms. The van der Waals surface area contributed by atoms with Crippen LogP contribution in [0.2, 0.25) is 0 Å². The molecule has 1 rings (SSSR count). The minimum Gasteiger partial charge on any atom is -0.386 e. The first kappa shape index (κ1) is 18.7. The molecule has 0 saturated heterocycles. The van der Waals surface area contributed by atoms with Crippen molar-refractivity contribution in [2.24, 2.45) is 0 Å². The van der Waals surface area contributed by atoms with Crippen molar-refractivity contribution in [3.63, 3.8) is 0 Å². The van der Waals surface area contributed by atoms with Gasteiger partial charge in [0, 0.05) is 25.8 Å². The molecule has 1 aromatic carbocycles. The van der Waals surface area contributed by atoms with Crippen LogP contribution in [0, 0.1) is 20.2 Å². The highest BCUT2D eigenvalue weighted by molar-refractivity contribution is 5.65. The molecule has 1 atom stereocenters. The van der Waals surface area contributed by atoms with Crippen molar-refractivity contribution >= 4 is 17.1 Å². The average Bonchev–Trinajstić information content (AvgIpc) is 2.51. The number of benzene rings is 1. The Hall–Kier alpha value is -2.30. The van der Waals surface area contributed by atoms with Gasteiger partial charge in [-0.3, -0.25) is 20.2 Å². The highest BCUT2D eigenvalue weighted by atomic mass is 16.7. The van der Waals surface area contributed by atoms with Gasteiger partial charge < -0.3 is 19.9 Å². The number of nitrogens with zero attached hydrogens (tertiary/aromatic N) is 2. The molecule has 0 amide bonds. The van der Waals surface area contributed by atoms with Crippen LogP contribution >= 0.6 is 0 Å². The molecule has 10 nitrogen and oxygen atoms in total. The fourth-order valence-corrected chi connectivity index (χ4v) is 1.84. The number of aliphatic hydroxyl groups is 1. The molecule has 23 heavy (non-hydrogen) atoms. The van der Waals surface area contributed by atoms with Gasteiger partial charge in [-0.1, -0.05) is 0 Å². The van der Waals surface area contributed by atoms with E-state index in [4.69, 9.17) is 9.47 Å². The fourth-order valence-electron chi connectivity index (χ4n) is 1.84. The van der Waals surface area contributed by atoms with Crippen LogP contribution in [0.25, 0.3) is 0 Å². The summed E-state index contributed by atoms with van der Waals surface area (Å²) in [7, 11) is 0. The Labute approximate surface area is 132 Å². The molecule has 0 aliphatic rings. The predicted molar refractivity (Wildman–Crippen MR) is 81.3 cm³/mol. The van der Waals surface area contributed by atoms with Crippen LogP contribution in [0.1, 0.15) is 13.8 Å². The van der Waals surface area contributed by atoms with Gasteiger partial charge in [0.1, 0.15) is 11.8 Å². The highest BCUT2D eigenvalue weighted by Gasteiger charge is 2.23. The van der Waals surface area contributed by atoms with Crippen LogP contribution in [-0.2, 0) is 9.47 Å². The van der Waals surface area contributed by atoms with Gasteiger partial charge in [0.2, 0.25) is 0 Å². The summed E-state index contributed by atoms with van der Waals surface area (Å²) < 4.78 is 10.5. The van der Waals surface area contributed by atoms with Crippen LogP contribution in [0.5, 0.6) is 0 Å². The number of ether oxygens (including phenoxy) is 2. The van der Waals surface area contributed by atoms with E-state index in [0.29, 0.717) is 13.2 Å². The van der Waals surface area contributed by atoms with Crippen molar-refractivity contribution in [3.8, 4) is 0 Å². The number of nitrogens with one attached hydrogen (secondary N) is 1. The van der Waals surface area contributed by atoms with E-state index in [1.807, 2.05) is 0 Å². The van der Waals surface area contributed by atoms with Crippen molar-refractivity contribution in [2.75, 3.05) is 25.1 Å². The SMILES string of the molecule is CCOC(OCC)C(O)CNc1ccc([N+](=O)[O-])cc1[N+](=O)[O-]. The third kappa shape index (κ3) is 5.43. The topological polar surface area (TPSA) is 137 Å². The Kier molecular flexibility index (Phi) is 7.32. The predicted octanol–water partition coefficient (Wildman–Crippen LogP) is 1.67. The van der Waals surface area contributed by atoms with Gasteiger partial charge in [-0.25, -0.2) is 0 Å². The van der Waals surface area contributed by atoms with Gasteiger partial charge in [-0.2, -0.15) is 0 Å². The molecule has 128 valence electrons. The fraction of sp³-hybridized carbons (Fsp3) is 0.538. The number of hydrogen-bond acceptors (Lipinski definition) is 8. The van der Waals surface area contributed by atoms with Crippen molar-refractivity contribution in [3.05, 3.63) is 38.4 Å². The van der Waals surface area contributed by atoms with Crippen molar-refractivity contribution in [1.82, 2.24) is 0 Å². The molecule has 1 aromatic rings. The van der Waals surface area contributed by atoms with Gasteiger partial charge in [0.25, 0.3) is 11.4 Å². The van der Waals surface area contributed by atoms with E-state index >= 15 is 0 Å². The Morgan fingerprint density at radius 2 is 1.78 bits per heavy atom. The maximum atomic E-state index is 11.0. The maximum Gasteiger partial charge on any atom is 0.299 e. The Balaban J connectivity index is 2.83. The number of hydrogen-bond donors (Lipinski definition) is 2. The largest absolute Gasteiger partial charge is 0.386 e. The zero-order valence-corrected chi connectivity index (χ0v) is 12.8. The van der Waals surface area contributed by atoms with Crippen LogP contribution < -0.4 is 5.32 Å². The maximum absolute atomic E-state index is 11.0. The van der Waals surface area contributed by atoms with E-state index < -0.39 is 27.9 Å². The van der Waals surface area contributed by atoms with Gasteiger partial charge in [0.15, 0.2) is 6.29 Å². The lowest BCUT2D eigenvalue weighted by molar-refractivity contribution is -0.393. The normalized spacial score (nSPS) is 12.2. The van der Waals surface area contributed by atoms with Crippen LogP contribution in [0.3, 0.4) is 0 Å². The third-order valence-corrected chi connectivity index (χ3v) is 2.87. The molecule has 0 aliphatic carbocycles. The second kappa shape index (κ2) is 8.98. The molecular formula is C13H19N3O7. The molecule has 0 heterocycles. The molecule has 2 N–H and O–H groups in total. The van der Waals surface area contributed by atoms with E-state index in [1.165, 1.54) is 6.07 Å². The second-order valence-corrected chi connectivity index (χ2v) is 4.44. The van der Waals surface area contributed by atoms with E-state index in [-0.39, 0.29) is 17.9 Å². The minimum absolute atomic E-state index is 0.0615. The number of anilines is 1. The summed E-state index contributed by atoms with van der Waals surface area (Å²) in [5, 5.41) is 34.4. The molecule has 0 spiro atoms. The lowest BCUT2D eigenvalue weighted by Gasteiger charge is -2.23. The second-order valence-electron chi connectivity index (χ2n) is 4.44. The first-order valence-electron chi connectivity index (χ1n) is 6.98. The number of aliphatic hydroxyl groups excluding tert-OH is 1. The Morgan fingerprint density at radius 1 is 1.17 bits per heavy atom. The minimum atomic E-state index is -1.07. The zero-order valence-electron chi connectivity index (χ0n) is 12.8. The number of nitro groups is 2. The molecular weight excluding hydrogens is 310 g/mol. The molecule has 0 bridgehead atoms. The zero-order chi connectivity index (χ0) is 17.4. The summed E-state index contributed by atoms with van der Waals surface area (Å²) in [6.45, 7) is 4.07. The van der Waals surface area contributed by atoms with Crippen molar-refractivity contribution < 1.29 is 24.4 Å². The lowest BCUT2D eigenvalue weighted by atomic mass is 10.2. The average molecular weight is 329 g/mol. The molecule has 0 aliphatic heterocycles. The summed E-state index contributed by atoms with van der Waals surface area (Å²) >= 11 is 0. The summed E-state index contributed by atoms with van der Waals surface area (Å²) in [5.74, 6) is 0. The van der Waals surface area contributed by atoms with Crippen molar-refractivity contribution in [1.29, 1.82) is 0 Å². The van der Waals surface area contributed by atoms with Crippen molar-refractivity contribution in [2.45, 2.75) is 26.2 Å². The van der Waals surface area contributed by atoms with Gasteiger partial charge in [0.05, 0.1) is 15.9 Å². The molecule has 0 radical (unpaired) electrons. The van der Waals surface area contributed by atoms with Gasteiger partial charge in [-0.15, -0.1) is 0 Å². The molecule has 0 aromatic heterocycles. The lowest BCUT2D eigenvalue weighted by Crippen LogP contribution is -2.37. The standard InChI is InChI=1S/C13H19N3O7/c1-3-22-13(23-4-2)12(17)8-14-10-6-5-9(15(18)19)7-11(10)16(20)21/h5-7,12-14,17H,3-4,8H2,1-2H3. The quantitative estimate of drug-likeness (QED) is 0.376. The Bertz CT molecular complexity index is 546. The van der Waals surface area contributed by atoms with E-state index in [2.05, 4.69) is 5.32 Å². The highest BCUT2D eigenvalue weighted by Crippen LogP contribution is 2.28. The third-order valence-electron chi connectivity index (χ3n) is 2.87. The monoisotopic (exact) mass is 329 g/mol. The molecule has 0 saturated carbocycles. The summed E-state index contributed by atoms with van der Waals surface area (Å²) in [6.07, 6.45) is -1.93. The first-order chi connectivity index (χ1) is 10.9. The molecule has 0 fully saturated rings. The summed E-state index contributed by atoms with van der Waals surface area (Å²) in [5.41, 5.74) is -0.772. The van der Waals surface area contributed by atoms with Crippen LogP contribution in [-0.4, -0.2) is 47.1 Å². The molecule has 1 unspecified atom stereocenters. The van der Waals surface area contributed by atoms with E-state index in [9.17, 15) is 25.3 Å². The summed E-state index contributed by atoms with van der Waals surface area (Å²) in [6, 6.07) is 3.22. The smallest absolute Gasteiger partial charge is 0.299 e. The van der Waals surface area contributed by atoms with Crippen LogP contribution in [0.15, 0.2) is 18.2 Å². The van der Waals surface area contributed by atoms with Gasteiger partial charge >= 0.3 is 0 Å². The van der Waals surface area contributed by atoms with Gasteiger partial charge in [-0.05, 0) is 19.9 Å². The number of non-ortho nitro benzene ring substituents is 1. The first-order valence-corrected chi connectivity index (χ1v) is 6.98. The van der Waals surface area contributed by atoms with E-state index in [0.717, 1.165) is 12.1 Å². The Morgan fingerprint density at radius 3 is 2.26 bits per heavy atom.